The van der Waals surface area contributed by atoms with E-state index in [0.29, 0.717) is 5.75 Å². The van der Waals surface area contributed by atoms with Crippen LogP contribution in [0.2, 0.25) is 0 Å². The number of aromatic nitrogens is 5. The van der Waals surface area contributed by atoms with Crippen LogP contribution in [0.4, 0.5) is 0 Å². The average molecular weight is 438 g/mol. The summed E-state index contributed by atoms with van der Waals surface area (Å²) in [7, 11) is 1.63. The summed E-state index contributed by atoms with van der Waals surface area (Å²) >= 11 is 1.81. The van der Waals surface area contributed by atoms with E-state index in [1.807, 2.05) is 29.7 Å². The maximum absolute atomic E-state index is 5.31. The Balaban J connectivity index is 1.49. The van der Waals surface area contributed by atoms with E-state index >= 15 is 0 Å². The molecule has 2 N–H and O–H groups in total. The van der Waals surface area contributed by atoms with Gasteiger partial charge in [-0.1, -0.05) is 12.1 Å². The maximum atomic E-state index is 5.31. The molecule has 0 unspecified atom stereocenters. The molecule has 5 heterocycles. The van der Waals surface area contributed by atoms with Gasteiger partial charge in [0.25, 0.3) is 0 Å². The van der Waals surface area contributed by atoms with Crippen LogP contribution in [0.5, 0.6) is 5.75 Å². The van der Waals surface area contributed by atoms with Crippen LogP contribution in [0.25, 0.3) is 54.9 Å². The Bertz CT molecular complexity index is 1590. The van der Waals surface area contributed by atoms with Crippen molar-refractivity contribution in [1.29, 1.82) is 0 Å². The van der Waals surface area contributed by atoms with Crippen LogP contribution < -0.4 is 4.74 Å². The Morgan fingerprint density at radius 3 is 2.72 bits per heavy atom. The van der Waals surface area contributed by atoms with Crippen molar-refractivity contribution in [3.63, 3.8) is 0 Å². The first-order valence-corrected chi connectivity index (χ1v) is 11.0. The highest BCUT2D eigenvalue weighted by atomic mass is 32.1. The molecule has 0 spiro atoms. The monoisotopic (exact) mass is 437 g/mol. The van der Waals surface area contributed by atoms with Gasteiger partial charge in [0.1, 0.15) is 11.4 Å². The lowest BCUT2D eigenvalue weighted by Gasteiger charge is -2.04. The molecule has 0 aliphatic rings. The van der Waals surface area contributed by atoms with Crippen LogP contribution in [0.15, 0.2) is 67.1 Å². The van der Waals surface area contributed by atoms with Gasteiger partial charge < -0.3 is 9.72 Å². The summed E-state index contributed by atoms with van der Waals surface area (Å²) in [5.74, 6) is 0.698. The summed E-state index contributed by atoms with van der Waals surface area (Å²) in [4.78, 5) is 15.0. The van der Waals surface area contributed by atoms with E-state index in [-0.39, 0.29) is 0 Å². The van der Waals surface area contributed by atoms with Crippen molar-refractivity contribution < 1.29 is 4.74 Å². The highest BCUT2D eigenvalue weighted by Crippen LogP contribution is 2.37. The van der Waals surface area contributed by atoms with Crippen molar-refractivity contribution in [2.45, 2.75) is 6.92 Å². The zero-order valence-electron chi connectivity index (χ0n) is 17.5. The molecule has 6 rings (SSSR count). The minimum atomic E-state index is 0.698. The summed E-state index contributed by atoms with van der Waals surface area (Å²) in [5.41, 5.74) is 6.74. The van der Waals surface area contributed by atoms with Gasteiger partial charge in [-0.05, 0) is 43.3 Å². The second kappa shape index (κ2) is 7.32. The largest absolute Gasteiger partial charge is 0.495 e. The van der Waals surface area contributed by atoms with Crippen molar-refractivity contribution in [2.24, 2.45) is 0 Å². The predicted octanol–water partition coefficient (Wildman–Crippen LogP) is 6.21. The van der Waals surface area contributed by atoms with Crippen LogP contribution in [-0.2, 0) is 0 Å². The van der Waals surface area contributed by atoms with Crippen molar-refractivity contribution >= 4 is 33.1 Å². The Hall–Kier alpha value is -3.97. The first kappa shape index (κ1) is 18.8. The van der Waals surface area contributed by atoms with Crippen LogP contribution in [0.3, 0.4) is 0 Å². The molecular weight excluding hydrogens is 418 g/mol. The fraction of sp³-hybridized carbons (Fsp3) is 0.0800. The van der Waals surface area contributed by atoms with Gasteiger partial charge in [0.05, 0.1) is 36.4 Å². The van der Waals surface area contributed by atoms with Gasteiger partial charge in [-0.25, -0.2) is 0 Å². The van der Waals surface area contributed by atoms with E-state index < -0.39 is 0 Å². The van der Waals surface area contributed by atoms with Gasteiger partial charge >= 0.3 is 0 Å². The van der Waals surface area contributed by atoms with E-state index in [0.717, 1.165) is 39.1 Å². The van der Waals surface area contributed by atoms with E-state index in [4.69, 9.17) is 4.74 Å². The fourth-order valence-corrected chi connectivity index (χ4v) is 4.93. The Morgan fingerprint density at radius 1 is 0.938 bits per heavy atom. The van der Waals surface area contributed by atoms with Gasteiger partial charge in [-0.3, -0.25) is 15.1 Å². The Kier molecular flexibility index (Phi) is 4.29. The van der Waals surface area contributed by atoms with Crippen molar-refractivity contribution in [3.05, 3.63) is 72.0 Å². The highest BCUT2D eigenvalue weighted by Gasteiger charge is 2.15. The van der Waals surface area contributed by atoms with E-state index in [1.165, 1.54) is 20.7 Å². The molecule has 32 heavy (non-hydrogen) atoms. The van der Waals surface area contributed by atoms with Gasteiger partial charge in [0, 0.05) is 43.4 Å². The molecule has 0 aliphatic heterocycles. The number of hydrogen-bond donors (Lipinski definition) is 2. The van der Waals surface area contributed by atoms with Crippen molar-refractivity contribution in [2.75, 3.05) is 7.11 Å². The fourth-order valence-electron chi connectivity index (χ4n) is 4.03. The second-order valence-corrected chi connectivity index (χ2v) is 8.95. The lowest BCUT2D eigenvalue weighted by molar-refractivity contribution is 0.413. The van der Waals surface area contributed by atoms with Crippen molar-refractivity contribution in [1.82, 2.24) is 25.1 Å². The third-order valence-electron chi connectivity index (χ3n) is 5.62. The summed E-state index contributed by atoms with van der Waals surface area (Å²) in [5, 5.41) is 9.90. The number of pyridine rings is 2. The number of hydrogen-bond acceptors (Lipinski definition) is 5. The van der Waals surface area contributed by atoms with Gasteiger partial charge in [0.15, 0.2) is 0 Å². The van der Waals surface area contributed by atoms with Crippen LogP contribution in [0.1, 0.15) is 4.88 Å². The molecule has 156 valence electrons. The summed E-state index contributed by atoms with van der Waals surface area (Å²) in [6, 6.07) is 16.9. The number of ether oxygens (including phenoxy) is 1. The molecule has 1 aromatic carbocycles. The van der Waals surface area contributed by atoms with E-state index in [9.17, 15) is 0 Å². The normalized spacial score (nSPS) is 11.4. The van der Waals surface area contributed by atoms with Crippen LogP contribution >= 0.6 is 11.3 Å². The number of thiophene rings is 1. The van der Waals surface area contributed by atoms with E-state index in [2.05, 4.69) is 68.5 Å². The molecule has 6 nitrogen and oxygen atoms in total. The van der Waals surface area contributed by atoms with E-state index in [1.54, 1.807) is 19.5 Å². The third kappa shape index (κ3) is 3.06. The molecule has 0 atom stereocenters. The number of rotatable bonds is 4. The first-order chi connectivity index (χ1) is 15.7. The Morgan fingerprint density at radius 2 is 1.88 bits per heavy atom. The van der Waals surface area contributed by atoms with Crippen LogP contribution in [0, 0.1) is 6.92 Å². The number of methoxy groups -OCH3 is 1. The zero-order chi connectivity index (χ0) is 21.7. The highest BCUT2D eigenvalue weighted by molar-refractivity contribution is 7.15. The standard InChI is InChI=1S/C25H19N5OS/c1-14-6-7-24(32-14)17-4-3-5-20-18(17)9-22(28-20)25-19-10-21(27-13-23(19)29-30-25)15-8-16(31-2)12-26-11-15/h3-13,28H,1-2H3,(H,29,30). The molecular formula is C25H19N5OS. The summed E-state index contributed by atoms with van der Waals surface area (Å²) < 4.78 is 5.31. The quantitative estimate of drug-likeness (QED) is 0.343. The maximum Gasteiger partial charge on any atom is 0.137 e. The second-order valence-electron chi connectivity index (χ2n) is 7.66. The Labute approximate surface area is 187 Å². The molecule has 6 aromatic rings. The summed E-state index contributed by atoms with van der Waals surface area (Å²) in [6.45, 7) is 2.14. The lowest BCUT2D eigenvalue weighted by atomic mass is 10.1. The number of aryl methyl sites for hydroxylation is 1. The van der Waals surface area contributed by atoms with Gasteiger partial charge in [-0.2, -0.15) is 5.10 Å². The van der Waals surface area contributed by atoms with Gasteiger partial charge in [0.2, 0.25) is 0 Å². The third-order valence-corrected chi connectivity index (χ3v) is 6.65. The number of nitrogens with one attached hydrogen (secondary N) is 2. The average Bonchev–Trinajstić information content (AvgIpc) is 3.55. The number of benzene rings is 1. The lowest BCUT2D eigenvalue weighted by Crippen LogP contribution is -1.88. The molecule has 0 aliphatic carbocycles. The molecule has 0 saturated heterocycles. The van der Waals surface area contributed by atoms with Crippen molar-refractivity contribution in [3.8, 4) is 38.8 Å². The number of fused-ring (bicyclic) bond motifs is 2. The molecule has 0 bridgehead atoms. The molecule has 7 heteroatoms. The number of aromatic amines is 2. The molecule has 0 fully saturated rings. The predicted molar refractivity (Wildman–Crippen MR) is 129 cm³/mol. The topological polar surface area (TPSA) is 79.5 Å². The SMILES string of the molecule is COc1cncc(-c2cc3c(-c4cc5c(-c6ccc(C)s6)cccc5[nH]4)n[nH]c3cn2)c1. The number of nitrogens with zero attached hydrogens (tertiary/aromatic N) is 3. The molecule has 0 amide bonds. The summed E-state index contributed by atoms with van der Waals surface area (Å²) in [6.07, 6.45) is 5.28. The van der Waals surface area contributed by atoms with Gasteiger partial charge in [-0.15, -0.1) is 11.3 Å². The molecule has 0 radical (unpaired) electrons. The molecule has 5 aromatic heterocycles. The smallest absolute Gasteiger partial charge is 0.137 e. The van der Waals surface area contributed by atoms with Crippen LogP contribution in [-0.4, -0.2) is 32.3 Å². The number of H-pyrrole nitrogens is 2. The minimum absolute atomic E-state index is 0.698. The first-order valence-electron chi connectivity index (χ1n) is 10.2. The molecule has 0 saturated carbocycles. The zero-order valence-corrected chi connectivity index (χ0v) is 18.3. The minimum Gasteiger partial charge on any atom is -0.495 e.